The quantitative estimate of drug-likeness (QED) is 0.670. The second-order valence-corrected chi connectivity index (χ2v) is 6.75. The van der Waals surface area contributed by atoms with E-state index in [9.17, 15) is 9.90 Å². The molecular formula is C16H26N2O2S. The second kappa shape index (κ2) is 8.29. The van der Waals surface area contributed by atoms with Crippen molar-refractivity contribution in [1.29, 1.82) is 0 Å². The van der Waals surface area contributed by atoms with Gasteiger partial charge in [0, 0.05) is 10.9 Å². The number of aliphatic hydroxyl groups is 1. The number of rotatable bonds is 7. The highest BCUT2D eigenvalue weighted by Crippen LogP contribution is 2.24. The lowest BCUT2D eigenvalue weighted by Gasteiger charge is -2.19. The Morgan fingerprint density at radius 1 is 1.38 bits per heavy atom. The molecule has 21 heavy (non-hydrogen) atoms. The second-order valence-electron chi connectivity index (χ2n) is 5.90. The minimum Gasteiger partial charge on any atom is -0.390 e. The standard InChI is InChI=1S/C16H26N2O2S/c1-12(8-7-11-16(2,3)20)17-15(19)18-13-9-5-6-10-14(13)21-4/h5-6,9-10,12,20H,7-8,11H2,1-4H3,(H2,17,18,19)/t12-/m1/s1. The van der Waals surface area contributed by atoms with Crippen LogP contribution >= 0.6 is 11.8 Å². The maximum atomic E-state index is 12.0. The number of thioether (sulfide) groups is 1. The average Bonchev–Trinajstić information content (AvgIpc) is 2.37. The minimum absolute atomic E-state index is 0.0776. The summed E-state index contributed by atoms with van der Waals surface area (Å²) in [5.41, 5.74) is 0.186. The number of hydrogen-bond acceptors (Lipinski definition) is 3. The number of para-hydroxylation sites is 1. The summed E-state index contributed by atoms with van der Waals surface area (Å²) in [6.07, 6.45) is 4.45. The summed E-state index contributed by atoms with van der Waals surface area (Å²) >= 11 is 1.60. The van der Waals surface area contributed by atoms with Gasteiger partial charge in [0.05, 0.1) is 11.3 Å². The van der Waals surface area contributed by atoms with Crippen molar-refractivity contribution in [1.82, 2.24) is 5.32 Å². The van der Waals surface area contributed by atoms with Gasteiger partial charge in [0.1, 0.15) is 0 Å². The topological polar surface area (TPSA) is 61.4 Å². The van der Waals surface area contributed by atoms with Crippen LogP contribution in [0, 0.1) is 0 Å². The normalized spacial score (nSPS) is 12.8. The lowest BCUT2D eigenvalue weighted by atomic mass is 10.00. The Balaban J connectivity index is 2.39. The molecule has 0 bridgehead atoms. The Morgan fingerprint density at radius 2 is 2.05 bits per heavy atom. The SMILES string of the molecule is CSc1ccccc1NC(=O)N[C@H](C)CCCC(C)(C)O. The van der Waals surface area contributed by atoms with E-state index < -0.39 is 5.60 Å². The molecule has 0 fully saturated rings. The molecule has 1 aromatic rings. The van der Waals surface area contributed by atoms with Crippen LogP contribution < -0.4 is 10.6 Å². The van der Waals surface area contributed by atoms with E-state index in [0.717, 1.165) is 29.8 Å². The fraction of sp³-hybridized carbons (Fsp3) is 0.562. The predicted molar refractivity (Wildman–Crippen MR) is 90.0 cm³/mol. The van der Waals surface area contributed by atoms with Crippen LogP contribution in [0.1, 0.15) is 40.0 Å². The average molecular weight is 310 g/mol. The Kier molecular flexibility index (Phi) is 7.05. The molecule has 0 heterocycles. The molecule has 0 aromatic heterocycles. The lowest BCUT2D eigenvalue weighted by Crippen LogP contribution is -2.36. The molecule has 4 nitrogen and oxygen atoms in total. The first-order valence-corrected chi connectivity index (χ1v) is 8.47. The molecule has 1 atom stereocenters. The van der Waals surface area contributed by atoms with Gasteiger partial charge in [0.2, 0.25) is 0 Å². The summed E-state index contributed by atoms with van der Waals surface area (Å²) in [6.45, 7) is 5.58. The summed E-state index contributed by atoms with van der Waals surface area (Å²) in [5, 5.41) is 15.5. The molecule has 5 heteroatoms. The highest BCUT2D eigenvalue weighted by molar-refractivity contribution is 7.98. The van der Waals surface area contributed by atoms with Gasteiger partial charge in [-0.15, -0.1) is 11.8 Å². The van der Waals surface area contributed by atoms with Crippen molar-refractivity contribution in [3.8, 4) is 0 Å². The van der Waals surface area contributed by atoms with Crippen LogP contribution in [0.2, 0.25) is 0 Å². The number of carbonyl (C=O) groups is 1. The number of urea groups is 1. The van der Waals surface area contributed by atoms with E-state index in [0.29, 0.717) is 0 Å². The molecular weight excluding hydrogens is 284 g/mol. The summed E-state index contributed by atoms with van der Waals surface area (Å²) in [6, 6.07) is 7.62. The molecule has 0 radical (unpaired) electrons. The van der Waals surface area contributed by atoms with Crippen LogP contribution in [-0.4, -0.2) is 29.0 Å². The van der Waals surface area contributed by atoms with Crippen molar-refractivity contribution in [3.05, 3.63) is 24.3 Å². The van der Waals surface area contributed by atoms with Gasteiger partial charge in [0.15, 0.2) is 0 Å². The molecule has 0 saturated heterocycles. The smallest absolute Gasteiger partial charge is 0.319 e. The highest BCUT2D eigenvalue weighted by Gasteiger charge is 2.14. The largest absolute Gasteiger partial charge is 0.390 e. The van der Waals surface area contributed by atoms with Crippen molar-refractivity contribution >= 4 is 23.5 Å². The van der Waals surface area contributed by atoms with Crippen molar-refractivity contribution < 1.29 is 9.90 Å². The summed E-state index contributed by atoms with van der Waals surface area (Å²) in [4.78, 5) is 13.0. The van der Waals surface area contributed by atoms with E-state index in [1.807, 2.05) is 37.4 Å². The van der Waals surface area contributed by atoms with Gasteiger partial charge in [-0.1, -0.05) is 12.1 Å². The number of nitrogens with one attached hydrogen (secondary N) is 2. The summed E-state index contributed by atoms with van der Waals surface area (Å²) < 4.78 is 0. The monoisotopic (exact) mass is 310 g/mol. The van der Waals surface area contributed by atoms with E-state index in [1.54, 1.807) is 25.6 Å². The fourth-order valence-corrected chi connectivity index (χ4v) is 2.60. The van der Waals surface area contributed by atoms with Crippen LogP contribution in [0.5, 0.6) is 0 Å². The van der Waals surface area contributed by atoms with Crippen LogP contribution in [-0.2, 0) is 0 Å². The zero-order chi connectivity index (χ0) is 15.9. The third-order valence-corrected chi connectivity index (χ3v) is 3.95. The number of hydrogen-bond donors (Lipinski definition) is 3. The summed E-state index contributed by atoms with van der Waals surface area (Å²) in [7, 11) is 0. The van der Waals surface area contributed by atoms with Crippen molar-refractivity contribution in [3.63, 3.8) is 0 Å². The third-order valence-electron chi connectivity index (χ3n) is 3.16. The molecule has 0 aliphatic heterocycles. The van der Waals surface area contributed by atoms with Gasteiger partial charge in [0.25, 0.3) is 0 Å². The Morgan fingerprint density at radius 3 is 2.67 bits per heavy atom. The molecule has 0 aliphatic rings. The van der Waals surface area contributed by atoms with Crippen LogP contribution in [0.25, 0.3) is 0 Å². The first-order chi connectivity index (χ1) is 9.81. The van der Waals surface area contributed by atoms with Gasteiger partial charge in [-0.25, -0.2) is 4.79 Å². The van der Waals surface area contributed by atoms with Gasteiger partial charge in [-0.05, 0) is 58.4 Å². The maximum Gasteiger partial charge on any atom is 0.319 e. The molecule has 0 saturated carbocycles. The number of amides is 2. The Labute approximate surface area is 131 Å². The summed E-state index contributed by atoms with van der Waals surface area (Å²) in [5.74, 6) is 0. The van der Waals surface area contributed by atoms with Crippen molar-refractivity contribution in [2.24, 2.45) is 0 Å². The van der Waals surface area contributed by atoms with E-state index in [2.05, 4.69) is 10.6 Å². The minimum atomic E-state index is -0.640. The van der Waals surface area contributed by atoms with Crippen LogP contribution in [0.15, 0.2) is 29.2 Å². The van der Waals surface area contributed by atoms with Crippen molar-refractivity contribution in [2.75, 3.05) is 11.6 Å². The van der Waals surface area contributed by atoms with Gasteiger partial charge in [-0.2, -0.15) is 0 Å². The molecule has 0 spiro atoms. The van der Waals surface area contributed by atoms with E-state index in [-0.39, 0.29) is 12.1 Å². The molecule has 2 amide bonds. The van der Waals surface area contributed by atoms with Crippen molar-refractivity contribution in [2.45, 2.75) is 56.6 Å². The first-order valence-electron chi connectivity index (χ1n) is 7.25. The third kappa shape index (κ3) is 7.39. The zero-order valence-electron chi connectivity index (χ0n) is 13.3. The molecule has 1 aromatic carbocycles. The number of carbonyl (C=O) groups excluding carboxylic acids is 1. The molecule has 118 valence electrons. The first kappa shape index (κ1) is 17.9. The van der Waals surface area contributed by atoms with Crippen LogP contribution in [0.4, 0.5) is 10.5 Å². The zero-order valence-corrected chi connectivity index (χ0v) is 14.1. The number of benzene rings is 1. The van der Waals surface area contributed by atoms with E-state index in [1.165, 1.54) is 0 Å². The van der Waals surface area contributed by atoms with Crippen LogP contribution in [0.3, 0.4) is 0 Å². The van der Waals surface area contributed by atoms with Gasteiger partial charge >= 0.3 is 6.03 Å². The molecule has 0 unspecified atom stereocenters. The predicted octanol–water partition coefficient (Wildman–Crippen LogP) is 3.86. The molecule has 0 aliphatic carbocycles. The lowest BCUT2D eigenvalue weighted by molar-refractivity contribution is 0.0676. The van der Waals surface area contributed by atoms with E-state index in [4.69, 9.17) is 0 Å². The van der Waals surface area contributed by atoms with E-state index >= 15 is 0 Å². The maximum absolute atomic E-state index is 12.0. The van der Waals surface area contributed by atoms with Gasteiger partial charge < -0.3 is 15.7 Å². The molecule has 3 N–H and O–H groups in total. The number of anilines is 1. The fourth-order valence-electron chi connectivity index (χ4n) is 2.04. The Bertz CT molecular complexity index is 458. The van der Waals surface area contributed by atoms with Gasteiger partial charge in [-0.3, -0.25) is 0 Å². The Hall–Kier alpha value is -1.20. The highest BCUT2D eigenvalue weighted by atomic mass is 32.2. The molecule has 1 rings (SSSR count).